The normalized spacial score (nSPS) is 14.1. The minimum atomic E-state index is -1.82. The van der Waals surface area contributed by atoms with E-state index in [1.54, 1.807) is 0 Å². The zero-order chi connectivity index (χ0) is 25.7. The molecular weight excluding hydrogens is 450 g/mol. The van der Waals surface area contributed by atoms with Gasteiger partial charge in [0.05, 0.1) is 19.1 Å². The monoisotopic (exact) mass is 477 g/mol. The van der Waals surface area contributed by atoms with Gasteiger partial charge in [0, 0.05) is 12.8 Å². The molecule has 0 aromatic heterocycles. The van der Waals surface area contributed by atoms with E-state index in [9.17, 15) is 33.6 Å². The highest BCUT2D eigenvalue weighted by atomic mass is 16.4. The lowest BCUT2D eigenvalue weighted by Gasteiger charge is -2.24. The number of aliphatic hydroxyl groups excluding tert-OH is 1. The minimum Gasteiger partial charge on any atom is -0.481 e. The lowest BCUT2D eigenvalue weighted by Crippen LogP contribution is -2.58. The fourth-order valence-corrected chi connectivity index (χ4v) is 2.36. The first-order valence-electron chi connectivity index (χ1n) is 9.50. The summed E-state index contributed by atoms with van der Waals surface area (Å²) in [5, 5.41) is 41.7. The van der Waals surface area contributed by atoms with Crippen LogP contribution >= 0.6 is 0 Å². The Kier molecular flexibility index (Phi) is 12.7. The average molecular weight is 477 g/mol. The van der Waals surface area contributed by atoms with Crippen molar-refractivity contribution >= 4 is 41.5 Å². The molecule has 0 aliphatic rings. The van der Waals surface area contributed by atoms with Gasteiger partial charge in [0.1, 0.15) is 18.1 Å². The molecule has 0 aliphatic heterocycles. The van der Waals surface area contributed by atoms with Gasteiger partial charge in [-0.3, -0.25) is 28.8 Å². The topological polar surface area (TPSA) is 289 Å². The summed E-state index contributed by atoms with van der Waals surface area (Å²) < 4.78 is 0. The molecule has 0 aliphatic carbocycles. The van der Waals surface area contributed by atoms with Crippen molar-refractivity contribution in [2.45, 2.75) is 56.3 Å². The van der Waals surface area contributed by atoms with Crippen LogP contribution in [0.2, 0.25) is 0 Å². The Hall–Kier alpha value is -3.79. The van der Waals surface area contributed by atoms with E-state index in [-0.39, 0.29) is 12.8 Å². The van der Waals surface area contributed by atoms with Crippen molar-refractivity contribution in [3.05, 3.63) is 0 Å². The largest absolute Gasteiger partial charge is 0.481 e. The van der Waals surface area contributed by atoms with Crippen LogP contribution in [0.5, 0.6) is 0 Å². The Morgan fingerprint density at radius 1 is 0.697 bits per heavy atom. The lowest BCUT2D eigenvalue weighted by atomic mass is 10.1. The van der Waals surface area contributed by atoms with Crippen molar-refractivity contribution in [3.8, 4) is 0 Å². The van der Waals surface area contributed by atoms with Gasteiger partial charge in [-0.15, -0.1) is 0 Å². The third-order valence-electron chi connectivity index (χ3n) is 4.13. The summed E-state index contributed by atoms with van der Waals surface area (Å²) in [6, 6.07) is -6.45. The van der Waals surface area contributed by atoms with E-state index in [4.69, 9.17) is 31.9 Å². The summed E-state index contributed by atoms with van der Waals surface area (Å²) in [7, 11) is 0. The number of nitrogens with one attached hydrogen (secondary N) is 3. The second-order valence-corrected chi connectivity index (χ2v) is 6.85. The highest BCUT2D eigenvalue weighted by molar-refractivity contribution is 5.95. The predicted molar refractivity (Wildman–Crippen MR) is 106 cm³/mol. The molecule has 33 heavy (non-hydrogen) atoms. The lowest BCUT2D eigenvalue weighted by molar-refractivity contribution is -0.144. The number of aliphatic carboxylic acids is 3. The Morgan fingerprint density at radius 2 is 1.21 bits per heavy atom. The molecule has 0 aromatic carbocycles. The molecular formula is C17H27N5O11. The van der Waals surface area contributed by atoms with Crippen LogP contribution in [0, 0.1) is 0 Å². The van der Waals surface area contributed by atoms with E-state index in [2.05, 4.69) is 5.32 Å². The number of aliphatic hydroxyl groups is 1. The number of primary amides is 1. The van der Waals surface area contributed by atoms with Crippen molar-refractivity contribution in [1.29, 1.82) is 0 Å². The smallest absolute Gasteiger partial charge is 0.328 e. The van der Waals surface area contributed by atoms with Crippen molar-refractivity contribution < 1.29 is 54.0 Å². The van der Waals surface area contributed by atoms with Crippen LogP contribution < -0.4 is 27.4 Å². The summed E-state index contributed by atoms with van der Waals surface area (Å²) in [6.45, 7) is -1.02. The molecule has 0 saturated heterocycles. The molecule has 11 N–H and O–H groups in total. The zero-order valence-electron chi connectivity index (χ0n) is 17.4. The summed E-state index contributed by atoms with van der Waals surface area (Å²) in [6.07, 6.45) is -2.47. The fraction of sp³-hybridized carbons (Fsp3) is 0.588. The summed E-state index contributed by atoms with van der Waals surface area (Å²) in [5.41, 5.74) is 10.6. The first-order valence-corrected chi connectivity index (χ1v) is 9.50. The first kappa shape index (κ1) is 29.2. The SMILES string of the molecule is NC(=O)CCC(N)C(=O)NC(CCC(=O)O)C(=O)NC(CC(=O)O)C(=O)NC(CO)C(=O)O. The van der Waals surface area contributed by atoms with Crippen LogP contribution in [0.25, 0.3) is 0 Å². The van der Waals surface area contributed by atoms with Gasteiger partial charge in [0.15, 0.2) is 0 Å². The van der Waals surface area contributed by atoms with Gasteiger partial charge >= 0.3 is 17.9 Å². The second-order valence-electron chi connectivity index (χ2n) is 6.85. The third-order valence-corrected chi connectivity index (χ3v) is 4.13. The van der Waals surface area contributed by atoms with E-state index >= 15 is 0 Å². The molecule has 186 valence electrons. The maximum atomic E-state index is 12.6. The molecule has 4 atom stereocenters. The molecule has 0 spiro atoms. The first-order chi connectivity index (χ1) is 15.3. The number of rotatable bonds is 16. The predicted octanol–water partition coefficient (Wildman–Crippen LogP) is -4.55. The second kappa shape index (κ2) is 14.3. The van der Waals surface area contributed by atoms with Crippen LogP contribution in [0.3, 0.4) is 0 Å². The molecule has 0 heterocycles. The molecule has 16 nitrogen and oxygen atoms in total. The van der Waals surface area contributed by atoms with Gasteiger partial charge in [-0.2, -0.15) is 0 Å². The minimum absolute atomic E-state index is 0.170. The van der Waals surface area contributed by atoms with Gasteiger partial charge in [-0.25, -0.2) is 4.79 Å². The maximum Gasteiger partial charge on any atom is 0.328 e. The Morgan fingerprint density at radius 3 is 1.67 bits per heavy atom. The van der Waals surface area contributed by atoms with Crippen molar-refractivity contribution in [3.63, 3.8) is 0 Å². The number of hydrogen-bond acceptors (Lipinski definition) is 9. The van der Waals surface area contributed by atoms with Crippen LogP contribution in [0.4, 0.5) is 0 Å². The van der Waals surface area contributed by atoms with Crippen LogP contribution in [-0.2, 0) is 33.6 Å². The Balaban J connectivity index is 5.48. The highest BCUT2D eigenvalue weighted by Gasteiger charge is 2.31. The number of carbonyl (C=O) groups is 7. The molecule has 4 unspecified atom stereocenters. The molecule has 0 rings (SSSR count). The molecule has 0 aromatic rings. The summed E-state index contributed by atoms with van der Waals surface area (Å²) in [4.78, 5) is 80.7. The number of carbonyl (C=O) groups excluding carboxylic acids is 4. The molecule has 0 saturated carbocycles. The van der Waals surface area contributed by atoms with Gasteiger partial charge in [-0.05, 0) is 12.8 Å². The zero-order valence-corrected chi connectivity index (χ0v) is 17.4. The van der Waals surface area contributed by atoms with E-state index < -0.39 is 91.6 Å². The maximum absolute atomic E-state index is 12.6. The number of carboxylic acids is 3. The van der Waals surface area contributed by atoms with Gasteiger partial charge in [-0.1, -0.05) is 0 Å². The van der Waals surface area contributed by atoms with Crippen molar-refractivity contribution in [2.24, 2.45) is 11.5 Å². The van der Waals surface area contributed by atoms with E-state index in [0.717, 1.165) is 0 Å². The van der Waals surface area contributed by atoms with E-state index in [1.165, 1.54) is 0 Å². The fourth-order valence-electron chi connectivity index (χ4n) is 2.36. The quantitative estimate of drug-likeness (QED) is 0.101. The van der Waals surface area contributed by atoms with Crippen molar-refractivity contribution in [2.75, 3.05) is 6.61 Å². The van der Waals surface area contributed by atoms with Crippen LogP contribution in [-0.4, -0.2) is 92.7 Å². The number of hydrogen-bond donors (Lipinski definition) is 9. The molecule has 0 radical (unpaired) electrons. The molecule has 0 fully saturated rings. The number of carboxylic acid groups (broad SMARTS) is 3. The molecule has 16 heteroatoms. The van der Waals surface area contributed by atoms with Crippen LogP contribution in [0.15, 0.2) is 0 Å². The van der Waals surface area contributed by atoms with Gasteiger partial charge < -0.3 is 47.8 Å². The van der Waals surface area contributed by atoms with Gasteiger partial charge in [0.2, 0.25) is 23.6 Å². The average Bonchev–Trinajstić information content (AvgIpc) is 2.71. The summed E-state index contributed by atoms with van der Waals surface area (Å²) in [5.74, 6) is -8.57. The van der Waals surface area contributed by atoms with E-state index in [1.807, 2.05) is 10.6 Å². The number of nitrogens with two attached hydrogens (primary N) is 2. The summed E-state index contributed by atoms with van der Waals surface area (Å²) >= 11 is 0. The Bertz CT molecular complexity index is 772. The highest BCUT2D eigenvalue weighted by Crippen LogP contribution is 2.04. The molecule has 0 bridgehead atoms. The van der Waals surface area contributed by atoms with Crippen molar-refractivity contribution in [1.82, 2.24) is 16.0 Å². The van der Waals surface area contributed by atoms with E-state index in [0.29, 0.717) is 0 Å². The number of amides is 4. The third kappa shape index (κ3) is 12.0. The molecule has 4 amide bonds. The van der Waals surface area contributed by atoms with Crippen LogP contribution in [0.1, 0.15) is 32.1 Å². The van der Waals surface area contributed by atoms with Gasteiger partial charge in [0.25, 0.3) is 0 Å². The Labute approximate surface area is 186 Å². The standard InChI is InChI=1S/C17H27N5O11/c18-7(1-3-11(19)24)14(29)20-8(2-4-12(25)26)15(30)21-9(5-13(27)28)16(31)22-10(6-23)17(32)33/h7-10,23H,1-6,18H2,(H2,19,24)(H,20,29)(H,21,30)(H,22,31)(H,25,26)(H,27,28)(H,32,33).